The molecule has 0 bridgehead atoms. The van der Waals surface area contributed by atoms with Crippen molar-refractivity contribution in [3.63, 3.8) is 0 Å². The summed E-state index contributed by atoms with van der Waals surface area (Å²) in [5.74, 6) is 1.32. The van der Waals surface area contributed by atoms with E-state index in [1.54, 1.807) is 42.9 Å². The number of rotatable bonds is 9. The highest BCUT2D eigenvalue weighted by atomic mass is 19.3. The van der Waals surface area contributed by atoms with Crippen LogP contribution < -0.4 is 15.8 Å². The van der Waals surface area contributed by atoms with Gasteiger partial charge in [-0.15, -0.1) is 0 Å². The Morgan fingerprint density at radius 1 is 1.26 bits per heavy atom. The molecule has 3 N–H and O–H groups in total. The van der Waals surface area contributed by atoms with Crippen LogP contribution in [-0.4, -0.2) is 44.6 Å². The first-order valence-corrected chi connectivity index (χ1v) is 11.9. The van der Waals surface area contributed by atoms with Gasteiger partial charge in [0.25, 0.3) is 5.56 Å². The van der Waals surface area contributed by atoms with E-state index < -0.39 is 24.9 Å². The predicted molar refractivity (Wildman–Crippen MR) is 136 cm³/mol. The molecule has 3 aromatic rings. The van der Waals surface area contributed by atoms with Crippen molar-refractivity contribution in [2.24, 2.45) is 5.92 Å². The predicted octanol–water partition coefficient (Wildman–Crippen LogP) is 4.35. The molecule has 1 saturated carbocycles. The number of alkyl halides is 3. The summed E-state index contributed by atoms with van der Waals surface area (Å²) in [5, 5.41) is 20.5. The van der Waals surface area contributed by atoms with Crippen molar-refractivity contribution in [3.05, 3.63) is 69.8 Å². The molecule has 0 radical (unpaired) electrons. The first-order valence-electron chi connectivity index (χ1n) is 11.9. The molecule has 3 aromatic heterocycles. The maximum Gasteiger partial charge on any atom is 0.264 e. The molecule has 0 aromatic carbocycles. The summed E-state index contributed by atoms with van der Waals surface area (Å²) in [4.78, 5) is 35.2. The SMILES string of the molecule is CC(Nc1nc(N(C)C(c2ncccn2)C2CCC2)[nH]c(=O)c1C(=N)C#N)c1ccc(CF)nc1.FCF. The Labute approximate surface area is 217 Å². The van der Waals surface area contributed by atoms with Crippen LogP contribution in [0, 0.1) is 22.7 Å². The van der Waals surface area contributed by atoms with Crippen LogP contribution in [0.25, 0.3) is 0 Å². The minimum Gasteiger partial charge on any atom is -0.363 e. The van der Waals surface area contributed by atoms with Gasteiger partial charge in [-0.25, -0.2) is 23.1 Å². The van der Waals surface area contributed by atoms with Crippen LogP contribution in [0.3, 0.4) is 0 Å². The number of nitrogens with one attached hydrogen (secondary N) is 3. The summed E-state index contributed by atoms with van der Waals surface area (Å²) < 4.78 is 32.1. The van der Waals surface area contributed by atoms with E-state index in [0.717, 1.165) is 24.8 Å². The summed E-state index contributed by atoms with van der Waals surface area (Å²) in [5.41, 5.74) is -0.207. The number of nitriles is 1. The number of hydrogen-bond acceptors (Lipinski definition) is 9. The third-order valence-corrected chi connectivity index (χ3v) is 6.30. The second-order valence-electron chi connectivity index (χ2n) is 8.64. The van der Waals surface area contributed by atoms with Crippen molar-refractivity contribution in [2.75, 3.05) is 24.2 Å². The Balaban J connectivity index is 0.00000127. The monoisotopic (exact) mass is 527 g/mol. The number of H-pyrrole nitrogens is 1. The number of aromatic amines is 1. The number of hydrogen-bond donors (Lipinski definition) is 3. The van der Waals surface area contributed by atoms with Crippen LogP contribution >= 0.6 is 0 Å². The molecule has 200 valence electrons. The summed E-state index contributed by atoms with van der Waals surface area (Å²) >= 11 is 0. The molecule has 0 aliphatic heterocycles. The fourth-order valence-corrected chi connectivity index (χ4v) is 4.13. The molecular weight excluding hydrogens is 499 g/mol. The van der Waals surface area contributed by atoms with Crippen LogP contribution in [-0.2, 0) is 6.67 Å². The Morgan fingerprint density at radius 2 is 1.95 bits per heavy atom. The topological polar surface area (TPSA) is 147 Å². The Bertz CT molecular complexity index is 1310. The van der Waals surface area contributed by atoms with Gasteiger partial charge in [0, 0.05) is 25.6 Å². The van der Waals surface area contributed by atoms with Gasteiger partial charge in [-0.05, 0) is 43.4 Å². The molecule has 2 unspecified atom stereocenters. The lowest BCUT2D eigenvalue weighted by molar-refractivity contribution is 0.250. The summed E-state index contributed by atoms with van der Waals surface area (Å²) in [6.45, 7) is -0.586. The van der Waals surface area contributed by atoms with E-state index in [4.69, 9.17) is 5.41 Å². The Kier molecular flexibility index (Phi) is 9.86. The van der Waals surface area contributed by atoms with E-state index in [9.17, 15) is 23.2 Å². The average Bonchev–Trinajstić information content (AvgIpc) is 2.90. The Hall–Kier alpha value is -4.34. The minimum absolute atomic E-state index is 0.102. The van der Waals surface area contributed by atoms with Crippen molar-refractivity contribution >= 4 is 17.5 Å². The normalized spacial score (nSPS) is 14.2. The van der Waals surface area contributed by atoms with Gasteiger partial charge >= 0.3 is 0 Å². The molecule has 3 heterocycles. The highest BCUT2D eigenvalue weighted by Crippen LogP contribution is 2.40. The number of aromatic nitrogens is 5. The lowest BCUT2D eigenvalue weighted by atomic mass is 9.79. The molecule has 0 amide bonds. The molecule has 0 saturated heterocycles. The van der Waals surface area contributed by atoms with E-state index in [2.05, 4.69) is 30.2 Å². The van der Waals surface area contributed by atoms with E-state index in [0.29, 0.717) is 17.4 Å². The first-order chi connectivity index (χ1) is 18.3. The van der Waals surface area contributed by atoms with E-state index in [1.165, 1.54) is 0 Å². The highest BCUT2D eigenvalue weighted by molar-refractivity contribution is 6.12. The van der Waals surface area contributed by atoms with E-state index in [1.807, 2.05) is 18.9 Å². The third-order valence-electron chi connectivity index (χ3n) is 6.30. The van der Waals surface area contributed by atoms with Crippen LogP contribution in [0.5, 0.6) is 0 Å². The van der Waals surface area contributed by atoms with Gasteiger partial charge in [-0.1, -0.05) is 12.5 Å². The quantitative estimate of drug-likeness (QED) is 0.348. The molecule has 0 spiro atoms. The number of anilines is 2. The van der Waals surface area contributed by atoms with Gasteiger partial charge in [0.05, 0.1) is 17.8 Å². The van der Waals surface area contributed by atoms with Gasteiger partial charge in [-0.3, -0.25) is 20.2 Å². The van der Waals surface area contributed by atoms with Gasteiger partial charge in [0.1, 0.15) is 29.8 Å². The molecule has 1 aliphatic rings. The lowest BCUT2D eigenvalue weighted by Gasteiger charge is -2.38. The average molecular weight is 528 g/mol. The molecule has 10 nitrogen and oxygen atoms in total. The van der Waals surface area contributed by atoms with Crippen LogP contribution in [0.15, 0.2) is 41.6 Å². The molecule has 1 fully saturated rings. The lowest BCUT2D eigenvalue weighted by Crippen LogP contribution is -2.37. The van der Waals surface area contributed by atoms with Gasteiger partial charge in [0.15, 0.2) is 5.82 Å². The zero-order valence-corrected chi connectivity index (χ0v) is 21.0. The van der Waals surface area contributed by atoms with E-state index >= 15 is 0 Å². The summed E-state index contributed by atoms with van der Waals surface area (Å²) in [6, 6.07) is 6.21. The molecule has 1 aliphatic carbocycles. The minimum atomic E-state index is -1.75. The second kappa shape index (κ2) is 13.3. The zero-order chi connectivity index (χ0) is 27.7. The van der Waals surface area contributed by atoms with Crippen LogP contribution in [0.2, 0.25) is 0 Å². The number of halogens is 3. The molecule has 13 heteroatoms. The largest absolute Gasteiger partial charge is 0.363 e. The first kappa shape index (κ1) is 28.2. The van der Waals surface area contributed by atoms with Gasteiger partial charge in [0.2, 0.25) is 12.9 Å². The zero-order valence-electron chi connectivity index (χ0n) is 21.0. The van der Waals surface area contributed by atoms with Crippen molar-refractivity contribution < 1.29 is 13.2 Å². The van der Waals surface area contributed by atoms with Gasteiger partial charge in [-0.2, -0.15) is 10.2 Å². The number of nitrogens with zero attached hydrogens (tertiary/aromatic N) is 6. The highest BCUT2D eigenvalue weighted by Gasteiger charge is 2.35. The van der Waals surface area contributed by atoms with Crippen molar-refractivity contribution in [2.45, 2.75) is 44.9 Å². The fourth-order valence-electron chi connectivity index (χ4n) is 4.13. The third kappa shape index (κ3) is 6.50. The van der Waals surface area contributed by atoms with Crippen LogP contribution in [0.4, 0.5) is 24.9 Å². The fraction of sp³-hybridized carbons (Fsp3) is 0.400. The summed E-state index contributed by atoms with van der Waals surface area (Å²) in [6.07, 6.45) is 8.06. The van der Waals surface area contributed by atoms with E-state index in [-0.39, 0.29) is 29.4 Å². The number of pyridine rings is 1. The smallest absolute Gasteiger partial charge is 0.264 e. The van der Waals surface area contributed by atoms with Crippen molar-refractivity contribution in [1.29, 1.82) is 10.7 Å². The molecular formula is C25H28F3N9O. The van der Waals surface area contributed by atoms with Crippen molar-refractivity contribution in [1.82, 2.24) is 24.9 Å². The molecule has 2 atom stereocenters. The standard InChI is InChI=1S/C24H26FN9O.CH2F2/c1-14(16-7-8-17(11-25)30-13-16)31-21-19(18(27)12-26)23(35)33-24(32-21)34(2)20(15-5-3-6-15)22-28-9-4-10-29-22;2-1-3/h4,7-10,13-15,20,27H,3,5-6,11H2,1-2H3,(H2,31,32,33,35);1H2. The second-order valence-corrected chi connectivity index (χ2v) is 8.64. The van der Waals surface area contributed by atoms with Gasteiger partial charge < -0.3 is 10.2 Å². The molecule has 38 heavy (non-hydrogen) atoms. The maximum atomic E-state index is 13.0. The summed E-state index contributed by atoms with van der Waals surface area (Å²) in [7, 11) is 1.82. The van der Waals surface area contributed by atoms with Crippen LogP contribution in [0.1, 0.15) is 60.9 Å². The maximum absolute atomic E-state index is 13.0. The van der Waals surface area contributed by atoms with Crippen molar-refractivity contribution in [3.8, 4) is 6.07 Å². The molecule has 4 rings (SSSR count). The Morgan fingerprint density at radius 3 is 2.47 bits per heavy atom.